The number of aliphatic carboxylic acids is 2. The summed E-state index contributed by atoms with van der Waals surface area (Å²) in [6, 6.07) is 11.9. The van der Waals surface area contributed by atoms with Gasteiger partial charge in [-0.25, -0.2) is 4.79 Å². The second-order valence-electron chi connectivity index (χ2n) is 17.4. The molecular formula is C47H64N6O9S. The second kappa shape index (κ2) is 22.8. The Balaban J connectivity index is 1.38. The Kier molecular flexibility index (Phi) is 17.3. The fraction of sp³-hybridized carbons (Fsp3) is 0.574. The number of pyridine rings is 1. The van der Waals surface area contributed by atoms with E-state index in [-0.39, 0.29) is 53.9 Å². The van der Waals surface area contributed by atoms with Crippen LogP contribution in [0.5, 0.6) is 0 Å². The van der Waals surface area contributed by atoms with Crippen LogP contribution >= 0.6 is 11.8 Å². The van der Waals surface area contributed by atoms with Crippen molar-refractivity contribution in [1.29, 1.82) is 0 Å². The summed E-state index contributed by atoms with van der Waals surface area (Å²) in [5, 5.41) is 43.0. The lowest BCUT2D eigenvalue weighted by Crippen LogP contribution is -2.53. The van der Waals surface area contributed by atoms with Gasteiger partial charge in [0, 0.05) is 37.3 Å². The van der Waals surface area contributed by atoms with Gasteiger partial charge in [-0.15, -0.1) is 11.8 Å². The summed E-state index contributed by atoms with van der Waals surface area (Å²) >= 11 is 1.44. The number of aliphatic hydroxyl groups excluding tert-OH is 1. The lowest BCUT2D eigenvalue weighted by Gasteiger charge is -2.41. The highest BCUT2D eigenvalue weighted by Gasteiger charge is 2.53. The van der Waals surface area contributed by atoms with Gasteiger partial charge in [-0.3, -0.25) is 29.5 Å². The Bertz CT molecular complexity index is 1980. The van der Waals surface area contributed by atoms with E-state index in [0.717, 1.165) is 93.8 Å². The Morgan fingerprint density at radius 1 is 0.889 bits per heavy atom. The standard InChI is InChI=1S/C47H64N6O9S/c1-48-28-51-34(44(57)58)16-17-36(54)52-35(42(55)53-43(56)45(59)60)27-63-41-40-38-31(13-7-4-8-20-47(41)21-9-10-22-47)26-32(25-30-18-23-50-24-19-30)37(39(38)46(61)62-40)33(49-2)15-14-29-11-5-3-6-12-29/h3,5-6,11-12,18-19,23-24,31,33-35,39,41,43,48-49,51,56H,4,7-10,13-17,20-22,25-28H2,1-2H3,(H,52,54)(H,53,55)(H,57,58)(H,59,60). The molecule has 6 rings (SSSR count). The maximum absolute atomic E-state index is 14.8. The molecule has 1 aliphatic heterocycles. The summed E-state index contributed by atoms with van der Waals surface area (Å²) in [5.41, 5.74) is 5.40. The van der Waals surface area contributed by atoms with Gasteiger partial charge in [0.15, 0.2) is 0 Å². The Morgan fingerprint density at radius 3 is 2.27 bits per heavy atom. The number of carboxylic acids is 2. The molecule has 4 aliphatic rings. The van der Waals surface area contributed by atoms with Crippen LogP contribution in [0.25, 0.3) is 0 Å². The van der Waals surface area contributed by atoms with E-state index in [9.17, 15) is 39.3 Å². The number of hydrogen-bond acceptors (Lipinski definition) is 12. The van der Waals surface area contributed by atoms with Gasteiger partial charge in [-0.05, 0) is 118 Å². The van der Waals surface area contributed by atoms with Gasteiger partial charge in [0.2, 0.25) is 18.0 Å². The van der Waals surface area contributed by atoms with E-state index in [2.05, 4.69) is 43.7 Å². The van der Waals surface area contributed by atoms with E-state index >= 15 is 0 Å². The van der Waals surface area contributed by atoms with Crippen molar-refractivity contribution in [2.45, 2.75) is 126 Å². The van der Waals surface area contributed by atoms with Crippen molar-refractivity contribution in [3.05, 3.63) is 88.5 Å². The molecule has 2 heterocycles. The first kappa shape index (κ1) is 47.9. The fourth-order valence-corrected chi connectivity index (χ4v) is 11.9. The number of nitrogens with zero attached hydrogens (tertiary/aromatic N) is 1. The predicted octanol–water partition coefficient (Wildman–Crippen LogP) is 4.22. The van der Waals surface area contributed by atoms with Crippen LogP contribution in [0, 0.1) is 17.3 Å². The van der Waals surface area contributed by atoms with Gasteiger partial charge in [0.05, 0.1) is 5.25 Å². The van der Waals surface area contributed by atoms with Crippen molar-refractivity contribution in [1.82, 2.24) is 31.6 Å². The Morgan fingerprint density at radius 2 is 1.60 bits per heavy atom. The van der Waals surface area contributed by atoms with Gasteiger partial charge >= 0.3 is 17.9 Å². The molecule has 3 aliphatic carbocycles. The summed E-state index contributed by atoms with van der Waals surface area (Å²) in [7, 11) is 3.61. The molecule has 63 heavy (non-hydrogen) atoms. The lowest BCUT2D eigenvalue weighted by molar-refractivity contribution is -0.151. The zero-order valence-electron chi connectivity index (χ0n) is 36.4. The van der Waals surface area contributed by atoms with Crippen LogP contribution in [0.2, 0.25) is 0 Å². The summed E-state index contributed by atoms with van der Waals surface area (Å²) < 4.78 is 6.66. The summed E-state index contributed by atoms with van der Waals surface area (Å²) in [6.07, 6.45) is 12.8. The number of rotatable bonds is 21. The molecule has 1 spiro atoms. The average molecular weight is 889 g/mol. The number of carbonyl (C=O) groups is 5. The molecule has 342 valence electrons. The van der Waals surface area contributed by atoms with E-state index in [4.69, 9.17) is 4.74 Å². The van der Waals surface area contributed by atoms with Crippen LogP contribution in [0.4, 0.5) is 0 Å². The van der Waals surface area contributed by atoms with Crippen molar-refractivity contribution in [2.75, 3.05) is 26.5 Å². The summed E-state index contributed by atoms with van der Waals surface area (Å²) in [6.45, 7) is 0.202. The number of esters is 1. The number of carboxylic acid groups (broad SMARTS) is 2. The van der Waals surface area contributed by atoms with Crippen molar-refractivity contribution in [2.24, 2.45) is 17.3 Å². The quantitative estimate of drug-likeness (QED) is 0.0499. The molecule has 7 unspecified atom stereocenters. The van der Waals surface area contributed by atoms with Crippen molar-refractivity contribution in [3.8, 4) is 0 Å². The first-order valence-corrected chi connectivity index (χ1v) is 23.5. The molecule has 2 aromatic rings. The van der Waals surface area contributed by atoms with Gasteiger partial charge in [-0.1, -0.05) is 68.0 Å². The van der Waals surface area contributed by atoms with Gasteiger partial charge < -0.3 is 41.3 Å². The molecule has 0 radical (unpaired) electrons. The average Bonchev–Trinajstić information content (AvgIpc) is 3.89. The minimum Gasteiger partial charge on any atom is -0.480 e. The van der Waals surface area contributed by atoms with E-state index < -0.39 is 48.0 Å². The number of ether oxygens (including phenoxy) is 1. The highest BCUT2D eigenvalue weighted by atomic mass is 32.2. The van der Waals surface area contributed by atoms with E-state index in [1.54, 1.807) is 19.4 Å². The van der Waals surface area contributed by atoms with Crippen LogP contribution in [0.1, 0.15) is 94.6 Å². The number of nitrogens with one attached hydrogen (secondary N) is 5. The third-order valence-electron chi connectivity index (χ3n) is 13.3. The van der Waals surface area contributed by atoms with Gasteiger partial charge in [0.1, 0.15) is 23.8 Å². The number of aryl methyl sites for hydroxylation is 1. The normalized spacial score (nSPS) is 22.7. The number of allylic oxidation sites excluding steroid dienone is 1. The number of likely N-dealkylation sites (N-methyl/N-ethyl adjacent to an activating group) is 1. The molecule has 7 atom stereocenters. The highest BCUT2D eigenvalue weighted by Crippen LogP contribution is 2.58. The zero-order chi connectivity index (χ0) is 44.9. The molecule has 1 saturated carbocycles. The molecule has 16 heteroatoms. The molecule has 1 fully saturated rings. The molecule has 1 aromatic carbocycles. The number of aromatic nitrogens is 1. The first-order valence-electron chi connectivity index (χ1n) is 22.4. The summed E-state index contributed by atoms with van der Waals surface area (Å²) in [4.78, 5) is 69.7. The maximum atomic E-state index is 14.8. The van der Waals surface area contributed by atoms with Crippen LogP contribution in [-0.4, -0.2) is 106 Å². The number of aliphatic hydroxyl groups is 1. The van der Waals surface area contributed by atoms with E-state index in [0.29, 0.717) is 12.2 Å². The molecule has 8 N–H and O–H groups in total. The van der Waals surface area contributed by atoms with E-state index in [1.165, 1.54) is 22.9 Å². The van der Waals surface area contributed by atoms with Gasteiger partial charge in [-0.2, -0.15) is 0 Å². The smallest absolute Gasteiger partial charge is 0.353 e. The molecule has 0 bridgehead atoms. The minimum absolute atomic E-state index is 0.0213. The number of carbonyl (C=O) groups excluding carboxylic acids is 3. The SMILES string of the molecule is CNCNC(CCC(=O)NC(CSC1C2=C3C(CCCCCC14CCCC4)CC(Cc1ccncc1)=C(C(CCc1ccccc1)NC)C3C(=O)O2)C(=O)NC(O)C(=O)O)C(=O)O. The molecular weight excluding hydrogens is 825 g/mol. The second-order valence-corrected chi connectivity index (χ2v) is 18.6. The van der Waals surface area contributed by atoms with E-state index in [1.807, 2.05) is 37.4 Å². The third-order valence-corrected chi connectivity index (χ3v) is 14.9. The highest BCUT2D eigenvalue weighted by molar-refractivity contribution is 8.00. The minimum atomic E-state index is -2.21. The monoisotopic (exact) mass is 888 g/mol. The lowest BCUT2D eigenvalue weighted by atomic mass is 9.66. The topological polar surface area (TPSA) is 228 Å². The van der Waals surface area contributed by atoms with Crippen molar-refractivity contribution >= 4 is 41.5 Å². The van der Waals surface area contributed by atoms with Crippen LogP contribution < -0.4 is 26.6 Å². The van der Waals surface area contributed by atoms with Crippen LogP contribution in [-0.2, 0) is 41.6 Å². The molecule has 2 amide bonds. The fourth-order valence-electron chi connectivity index (χ4n) is 10.2. The third kappa shape index (κ3) is 12.1. The number of benzene rings is 1. The van der Waals surface area contributed by atoms with Crippen molar-refractivity contribution < 1.29 is 44.0 Å². The zero-order valence-corrected chi connectivity index (χ0v) is 37.2. The molecule has 15 nitrogen and oxygen atoms in total. The molecule has 1 aromatic heterocycles. The largest absolute Gasteiger partial charge is 0.480 e. The van der Waals surface area contributed by atoms with Gasteiger partial charge in [0.25, 0.3) is 0 Å². The number of thioether (sulfide) groups is 1. The van der Waals surface area contributed by atoms with Crippen molar-refractivity contribution in [3.63, 3.8) is 0 Å². The van der Waals surface area contributed by atoms with Crippen LogP contribution in [0.15, 0.2) is 77.3 Å². The summed E-state index contributed by atoms with van der Waals surface area (Å²) in [5.74, 6) is -4.49. The molecule has 0 saturated heterocycles. The maximum Gasteiger partial charge on any atom is 0.353 e. The number of hydrogen-bond donors (Lipinski definition) is 8. The first-order chi connectivity index (χ1) is 30.4. The number of amides is 2. The van der Waals surface area contributed by atoms with Crippen LogP contribution in [0.3, 0.4) is 0 Å². The predicted molar refractivity (Wildman–Crippen MR) is 239 cm³/mol. The Hall–Kier alpha value is -4.61. The Labute approximate surface area is 374 Å².